The maximum Gasteiger partial charge on any atom is 0.276 e. The van der Waals surface area contributed by atoms with Crippen LogP contribution in [0.3, 0.4) is 0 Å². The Bertz CT molecular complexity index is 1220. The number of halogens is 3. The van der Waals surface area contributed by atoms with Crippen molar-refractivity contribution < 1.29 is 13.5 Å². The van der Waals surface area contributed by atoms with Crippen LogP contribution in [-0.2, 0) is 13.2 Å². The topological polar surface area (TPSA) is 59.9 Å². The van der Waals surface area contributed by atoms with Crippen LogP contribution in [-0.4, -0.2) is 14.5 Å². The number of aromatic nitrogens is 3. The Balaban J connectivity index is 1.53. The zero-order chi connectivity index (χ0) is 19.7. The highest BCUT2D eigenvalue weighted by molar-refractivity contribution is 6.31. The van der Waals surface area contributed by atoms with E-state index >= 15 is 0 Å². The molecule has 0 aliphatic carbocycles. The van der Waals surface area contributed by atoms with Gasteiger partial charge < -0.3 is 9.72 Å². The molecule has 0 fully saturated rings. The van der Waals surface area contributed by atoms with Crippen LogP contribution in [0.15, 0.2) is 59.8 Å². The van der Waals surface area contributed by atoms with E-state index in [9.17, 15) is 13.6 Å². The summed E-state index contributed by atoms with van der Waals surface area (Å²) in [6.07, 6.45) is 3.17. The van der Waals surface area contributed by atoms with E-state index in [-0.39, 0.29) is 23.1 Å². The van der Waals surface area contributed by atoms with Gasteiger partial charge in [0.2, 0.25) is 5.88 Å². The van der Waals surface area contributed by atoms with Gasteiger partial charge >= 0.3 is 0 Å². The molecule has 0 atom stereocenters. The summed E-state index contributed by atoms with van der Waals surface area (Å²) in [7, 11) is 0. The molecule has 0 aliphatic heterocycles. The maximum absolute atomic E-state index is 13.7. The third-order valence-corrected chi connectivity index (χ3v) is 4.62. The standard InChI is InChI=1S/C20H14ClF2N3O2/c21-18-19(28-10-14-2-3-15(22)8-16(14)23)25-11-26(20(18)27)9-12-1-4-17-13(7-12)5-6-24-17/h1-8,11,24H,9-10H2. The summed E-state index contributed by atoms with van der Waals surface area (Å²) < 4.78 is 33.4. The molecule has 1 N–H and O–H groups in total. The van der Waals surface area contributed by atoms with Gasteiger partial charge in [-0.25, -0.2) is 13.8 Å². The van der Waals surface area contributed by atoms with E-state index in [4.69, 9.17) is 16.3 Å². The zero-order valence-corrected chi connectivity index (χ0v) is 15.2. The van der Waals surface area contributed by atoms with Crippen LogP contribution < -0.4 is 10.3 Å². The number of aromatic amines is 1. The number of rotatable bonds is 5. The SMILES string of the molecule is O=c1c(Cl)c(OCc2ccc(F)cc2F)ncn1Cc1ccc2[nH]ccc2c1. The first kappa shape index (κ1) is 18.2. The van der Waals surface area contributed by atoms with Crippen molar-refractivity contribution in [2.24, 2.45) is 0 Å². The van der Waals surface area contributed by atoms with Gasteiger partial charge in [-0.05, 0) is 41.3 Å². The number of nitrogens with one attached hydrogen (secondary N) is 1. The maximum atomic E-state index is 13.7. The van der Waals surface area contributed by atoms with Crippen molar-refractivity contribution in [3.05, 3.63) is 93.1 Å². The molecule has 0 radical (unpaired) electrons. The fourth-order valence-corrected chi connectivity index (χ4v) is 3.06. The number of ether oxygens (including phenoxy) is 1. The second kappa shape index (κ2) is 7.44. The third kappa shape index (κ3) is 3.61. The van der Waals surface area contributed by atoms with Crippen molar-refractivity contribution in [3.8, 4) is 5.88 Å². The van der Waals surface area contributed by atoms with E-state index in [1.807, 2.05) is 30.5 Å². The Morgan fingerprint density at radius 1 is 1.14 bits per heavy atom. The molecule has 8 heteroatoms. The van der Waals surface area contributed by atoms with Crippen LogP contribution in [0.1, 0.15) is 11.1 Å². The molecular weight excluding hydrogens is 388 g/mol. The summed E-state index contributed by atoms with van der Waals surface area (Å²) in [5.41, 5.74) is 1.57. The van der Waals surface area contributed by atoms with Crippen molar-refractivity contribution in [1.29, 1.82) is 0 Å². The van der Waals surface area contributed by atoms with Crippen molar-refractivity contribution in [2.75, 3.05) is 0 Å². The van der Waals surface area contributed by atoms with Gasteiger partial charge in [-0.3, -0.25) is 9.36 Å². The van der Waals surface area contributed by atoms with Crippen molar-refractivity contribution >= 4 is 22.5 Å². The lowest BCUT2D eigenvalue weighted by atomic mass is 10.1. The van der Waals surface area contributed by atoms with Gasteiger partial charge in [-0.1, -0.05) is 17.7 Å². The van der Waals surface area contributed by atoms with E-state index < -0.39 is 17.2 Å². The summed E-state index contributed by atoms with van der Waals surface area (Å²) in [6.45, 7) is 0.0615. The molecule has 0 spiro atoms. The molecule has 0 aliphatic rings. The summed E-state index contributed by atoms with van der Waals surface area (Å²) in [5.74, 6) is -1.53. The Kier molecular flexibility index (Phi) is 4.83. The minimum Gasteiger partial charge on any atom is -0.471 e. The van der Waals surface area contributed by atoms with Crippen LogP contribution in [0.5, 0.6) is 5.88 Å². The van der Waals surface area contributed by atoms with Crippen molar-refractivity contribution in [2.45, 2.75) is 13.2 Å². The second-order valence-electron chi connectivity index (χ2n) is 6.22. The molecule has 0 saturated carbocycles. The molecule has 0 bridgehead atoms. The Morgan fingerprint density at radius 3 is 2.82 bits per heavy atom. The van der Waals surface area contributed by atoms with Crippen molar-refractivity contribution in [1.82, 2.24) is 14.5 Å². The second-order valence-corrected chi connectivity index (χ2v) is 6.60. The molecule has 2 heterocycles. The first-order valence-electron chi connectivity index (χ1n) is 8.39. The fraction of sp³-hybridized carbons (Fsp3) is 0.100. The third-order valence-electron chi connectivity index (χ3n) is 4.30. The van der Waals surface area contributed by atoms with Gasteiger partial charge in [-0.15, -0.1) is 0 Å². The minimum absolute atomic E-state index is 0.104. The average molecular weight is 402 g/mol. The lowest BCUT2D eigenvalue weighted by Crippen LogP contribution is -2.22. The van der Waals surface area contributed by atoms with E-state index in [0.29, 0.717) is 6.54 Å². The van der Waals surface area contributed by atoms with Crippen molar-refractivity contribution in [3.63, 3.8) is 0 Å². The monoisotopic (exact) mass is 401 g/mol. The van der Waals surface area contributed by atoms with E-state index in [1.54, 1.807) is 0 Å². The summed E-state index contributed by atoms with van der Waals surface area (Å²) >= 11 is 6.09. The van der Waals surface area contributed by atoms with Gasteiger partial charge in [0.25, 0.3) is 5.56 Å². The molecule has 4 aromatic rings. The summed E-state index contributed by atoms with van der Waals surface area (Å²) in [5, 5.41) is 0.832. The summed E-state index contributed by atoms with van der Waals surface area (Å²) in [4.78, 5) is 19.7. The highest BCUT2D eigenvalue weighted by atomic mass is 35.5. The molecular formula is C20H14ClF2N3O2. The fourth-order valence-electron chi connectivity index (χ4n) is 2.84. The predicted octanol–water partition coefficient (Wildman–Crippen LogP) is 4.28. The normalized spacial score (nSPS) is 11.1. The van der Waals surface area contributed by atoms with Crippen LogP contribution in [0.4, 0.5) is 8.78 Å². The quantitative estimate of drug-likeness (QED) is 0.543. The minimum atomic E-state index is -0.746. The lowest BCUT2D eigenvalue weighted by Gasteiger charge is -2.10. The Morgan fingerprint density at radius 2 is 2.00 bits per heavy atom. The van der Waals surface area contributed by atoms with Crippen LogP contribution in [0.25, 0.3) is 10.9 Å². The molecule has 5 nitrogen and oxygen atoms in total. The van der Waals surface area contributed by atoms with Gasteiger partial charge in [-0.2, -0.15) is 0 Å². The number of H-pyrrole nitrogens is 1. The molecule has 0 amide bonds. The highest BCUT2D eigenvalue weighted by Gasteiger charge is 2.13. The largest absolute Gasteiger partial charge is 0.471 e. The smallest absolute Gasteiger partial charge is 0.276 e. The van der Waals surface area contributed by atoms with E-state index in [2.05, 4.69) is 9.97 Å². The Labute approximate surface area is 163 Å². The highest BCUT2D eigenvalue weighted by Crippen LogP contribution is 2.20. The number of fused-ring (bicyclic) bond motifs is 1. The number of nitrogens with zero attached hydrogens (tertiary/aromatic N) is 2. The van der Waals surface area contributed by atoms with Gasteiger partial charge in [0, 0.05) is 23.3 Å². The van der Waals surface area contributed by atoms with E-state index in [0.717, 1.165) is 28.6 Å². The Hall–Kier alpha value is -3.19. The molecule has 142 valence electrons. The number of hydrogen-bond acceptors (Lipinski definition) is 3. The van der Waals surface area contributed by atoms with Crippen LogP contribution in [0, 0.1) is 11.6 Å². The van der Waals surface area contributed by atoms with Crippen LogP contribution >= 0.6 is 11.6 Å². The predicted molar refractivity (Wildman–Crippen MR) is 102 cm³/mol. The molecule has 2 aromatic heterocycles. The first-order valence-corrected chi connectivity index (χ1v) is 8.77. The van der Waals surface area contributed by atoms with Gasteiger partial charge in [0.1, 0.15) is 24.6 Å². The van der Waals surface area contributed by atoms with Gasteiger partial charge in [0.15, 0.2) is 5.02 Å². The molecule has 28 heavy (non-hydrogen) atoms. The lowest BCUT2D eigenvalue weighted by molar-refractivity contribution is 0.286. The molecule has 0 unspecified atom stereocenters. The average Bonchev–Trinajstić information content (AvgIpc) is 3.14. The molecule has 0 saturated heterocycles. The molecule has 4 rings (SSSR count). The summed E-state index contributed by atoms with van der Waals surface area (Å²) in [6, 6.07) is 10.9. The zero-order valence-electron chi connectivity index (χ0n) is 14.5. The first-order chi connectivity index (χ1) is 13.5. The molecule has 2 aromatic carbocycles. The van der Waals surface area contributed by atoms with Gasteiger partial charge in [0.05, 0.1) is 6.54 Å². The number of benzene rings is 2. The van der Waals surface area contributed by atoms with E-state index in [1.165, 1.54) is 17.0 Å². The number of hydrogen-bond donors (Lipinski definition) is 1. The van der Waals surface area contributed by atoms with Crippen LogP contribution in [0.2, 0.25) is 5.02 Å².